The summed E-state index contributed by atoms with van der Waals surface area (Å²) in [6.07, 6.45) is 1.89. The van der Waals surface area contributed by atoms with Crippen LogP contribution in [0.2, 0.25) is 0 Å². The average molecular weight is 235 g/mol. The van der Waals surface area contributed by atoms with Gasteiger partial charge in [-0.15, -0.1) is 0 Å². The molecule has 0 saturated carbocycles. The predicted molar refractivity (Wildman–Crippen MR) is 74.3 cm³/mol. The Morgan fingerprint density at radius 3 is 2.65 bits per heavy atom. The number of pyridine rings is 1. The molecular weight excluding hydrogens is 210 g/mol. The summed E-state index contributed by atoms with van der Waals surface area (Å²) in [5.41, 5.74) is 2.35. The van der Waals surface area contributed by atoms with E-state index in [2.05, 4.69) is 62.1 Å². The van der Waals surface area contributed by atoms with E-state index >= 15 is 0 Å². The van der Waals surface area contributed by atoms with Gasteiger partial charge in [-0.1, -0.05) is 20.8 Å². The van der Waals surface area contributed by atoms with Gasteiger partial charge in [-0.3, -0.25) is 4.98 Å². The second kappa shape index (κ2) is 6.60. The molecular formula is C14H25N3. The summed E-state index contributed by atoms with van der Waals surface area (Å²) in [6, 6.07) is 4.78. The highest BCUT2D eigenvalue weighted by Crippen LogP contribution is 2.19. The Kier molecular flexibility index (Phi) is 5.42. The van der Waals surface area contributed by atoms with Crippen molar-refractivity contribution in [2.75, 3.05) is 18.5 Å². The van der Waals surface area contributed by atoms with Crippen LogP contribution in [0.25, 0.3) is 0 Å². The molecule has 0 aliphatic rings. The minimum atomic E-state index is 0.532. The Morgan fingerprint density at radius 1 is 1.35 bits per heavy atom. The predicted octanol–water partition coefficient (Wildman–Crippen LogP) is 2.67. The highest BCUT2D eigenvalue weighted by molar-refractivity contribution is 5.46. The van der Waals surface area contributed by atoms with E-state index in [9.17, 15) is 0 Å². The van der Waals surface area contributed by atoms with E-state index in [-0.39, 0.29) is 0 Å². The summed E-state index contributed by atoms with van der Waals surface area (Å²) in [4.78, 5) is 6.70. The van der Waals surface area contributed by atoms with Gasteiger partial charge < -0.3 is 10.2 Å². The molecule has 0 radical (unpaired) electrons. The third-order valence-corrected chi connectivity index (χ3v) is 3.34. The second-order valence-electron chi connectivity index (χ2n) is 4.88. The smallest absolute Gasteiger partial charge is 0.0562 e. The zero-order valence-corrected chi connectivity index (χ0v) is 11.7. The summed E-state index contributed by atoms with van der Waals surface area (Å²) in [5.74, 6) is 0.644. The molecule has 1 atom stereocenters. The molecule has 3 heteroatoms. The largest absolute Gasteiger partial charge is 0.372 e. The minimum absolute atomic E-state index is 0.532. The van der Waals surface area contributed by atoms with Gasteiger partial charge in [0.15, 0.2) is 0 Å². The summed E-state index contributed by atoms with van der Waals surface area (Å²) < 4.78 is 0. The van der Waals surface area contributed by atoms with Gasteiger partial charge >= 0.3 is 0 Å². The maximum atomic E-state index is 4.37. The number of rotatable bonds is 6. The van der Waals surface area contributed by atoms with Crippen LogP contribution in [0.15, 0.2) is 18.3 Å². The van der Waals surface area contributed by atoms with Gasteiger partial charge in [0.25, 0.3) is 0 Å². The van der Waals surface area contributed by atoms with Crippen molar-refractivity contribution in [1.82, 2.24) is 10.3 Å². The third kappa shape index (κ3) is 4.00. The number of aromatic nitrogens is 1. The summed E-state index contributed by atoms with van der Waals surface area (Å²) in [6.45, 7) is 10.7. The van der Waals surface area contributed by atoms with Crippen molar-refractivity contribution >= 4 is 5.69 Å². The number of anilines is 1. The Bertz CT molecular complexity index is 336. The van der Waals surface area contributed by atoms with Gasteiger partial charge in [0.2, 0.25) is 0 Å². The number of nitrogens with one attached hydrogen (secondary N) is 1. The van der Waals surface area contributed by atoms with E-state index in [0.717, 1.165) is 18.8 Å². The topological polar surface area (TPSA) is 28.2 Å². The first-order valence-corrected chi connectivity index (χ1v) is 6.44. The molecule has 0 bridgehead atoms. The molecule has 1 aromatic heterocycles. The Balaban J connectivity index is 2.76. The normalized spacial score (nSPS) is 12.8. The first-order chi connectivity index (χ1) is 8.06. The van der Waals surface area contributed by atoms with E-state index < -0.39 is 0 Å². The lowest BCUT2D eigenvalue weighted by Gasteiger charge is -2.30. The van der Waals surface area contributed by atoms with E-state index in [0.29, 0.717) is 12.0 Å². The maximum Gasteiger partial charge on any atom is 0.0562 e. The van der Waals surface area contributed by atoms with Crippen LogP contribution < -0.4 is 10.2 Å². The van der Waals surface area contributed by atoms with Crippen molar-refractivity contribution < 1.29 is 0 Å². The molecule has 1 unspecified atom stereocenters. The maximum absolute atomic E-state index is 4.37. The van der Waals surface area contributed by atoms with Crippen LogP contribution in [0.1, 0.15) is 33.4 Å². The first kappa shape index (κ1) is 14.0. The van der Waals surface area contributed by atoms with Gasteiger partial charge in [0.05, 0.1) is 5.69 Å². The fraction of sp³-hybridized carbons (Fsp3) is 0.643. The summed E-state index contributed by atoms with van der Waals surface area (Å²) >= 11 is 0. The SMILES string of the molecule is CCNCc1cc(N(C)C(C)C(C)C)ccn1. The molecule has 0 aliphatic carbocycles. The third-order valence-electron chi connectivity index (χ3n) is 3.34. The zero-order chi connectivity index (χ0) is 12.8. The van der Waals surface area contributed by atoms with Crippen molar-refractivity contribution in [3.8, 4) is 0 Å². The molecule has 0 spiro atoms. The zero-order valence-electron chi connectivity index (χ0n) is 11.7. The molecule has 1 rings (SSSR count). The van der Waals surface area contributed by atoms with Crippen LogP contribution in [-0.4, -0.2) is 24.6 Å². The van der Waals surface area contributed by atoms with Crippen molar-refractivity contribution in [3.05, 3.63) is 24.0 Å². The minimum Gasteiger partial charge on any atom is -0.372 e. The van der Waals surface area contributed by atoms with E-state index in [1.54, 1.807) is 0 Å². The molecule has 17 heavy (non-hydrogen) atoms. The van der Waals surface area contributed by atoms with Gasteiger partial charge in [-0.2, -0.15) is 0 Å². The Hall–Kier alpha value is -1.09. The van der Waals surface area contributed by atoms with Crippen molar-refractivity contribution in [1.29, 1.82) is 0 Å². The van der Waals surface area contributed by atoms with Crippen LogP contribution in [0.4, 0.5) is 5.69 Å². The highest BCUT2D eigenvalue weighted by atomic mass is 15.1. The second-order valence-corrected chi connectivity index (χ2v) is 4.88. The lowest BCUT2D eigenvalue weighted by Crippen LogP contribution is -2.33. The molecule has 3 nitrogen and oxygen atoms in total. The number of hydrogen-bond donors (Lipinski definition) is 1. The highest BCUT2D eigenvalue weighted by Gasteiger charge is 2.13. The lowest BCUT2D eigenvalue weighted by molar-refractivity contribution is 0.505. The molecule has 0 aliphatic heterocycles. The Labute approximate surface area is 105 Å². The van der Waals surface area contributed by atoms with Gasteiger partial charge in [0.1, 0.15) is 0 Å². The molecule has 0 aromatic carbocycles. The van der Waals surface area contributed by atoms with Crippen molar-refractivity contribution in [3.63, 3.8) is 0 Å². The van der Waals surface area contributed by atoms with Crippen molar-refractivity contribution in [2.45, 2.75) is 40.3 Å². The van der Waals surface area contributed by atoms with Crippen LogP contribution >= 0.6 is 0 Å². The molecule has 1 N–H and O–H groups in total. The molecule has 1 heterocycles. The molecule has 0 fully saturated rings. The Morgan fingerprint density at radius 2 is 2.06 bits per heavy atom. The van der Waals surface area contributed by atoms with Crippen LogP contribution in [-0.2, 0) is 6.54 Å². The number of nitrogens with zero attached hydrogens (tertiary/aromatic N) is 2. The first-order valence-electron chi connectivity index (χ1n) is 6.44. The fourth-order valence-corrected chi connectivity index (χ4v) is 1.72. The van der Waals surface area contributed by atoms with E-state index in [4.69, 9.17) is 0 Å². The van der Waals surface area contributed by atoms with Crippen LogP contribution in [0, 0.1) is 5.92 Å². The van der Waals surface area contributed by atoms with Crippen molar-refractivity contribution in [2.24, 2.45) is 5.92 Å². The lowest BCUT2D eigenvalue weighted by atomic mass is 10.0. The summed E-state index contributed by atoms with van der Waals surface area (Å²) in [7, 11) is 2.15. The van der Waals surface area contributed by atoms with Gasteiger partial charge in [0, 0.05) is 31.5 Å². The molecule has 1 aromatic rings. The average Bonchev–Trinajstić information content (AvgIpc) is 2.34. The summed E-state index contributed by atoms with van der Waals surface area (Å²) in [5, 5.41) is 3.30. The standard InChI is InChI=1S/C14H25N3/c1-6-15-10-13-9-14(7-8-16-13)17(5)12(4)11(2)3/h7-9,11-12,15H,6,10H2,1-5H3. The van der Waals surface area contributed by atoms with Crippen LogP contribution in [0.3, 0.4) is 0 Å². The molecule has 0 saturated heterocycles. The fourth-order valence-electron chi connectivity index (χ4n) is 1.72. The number of hydrogen-bond acceptors (Lipinski definition) is 3. The van der Waals surface area contributed by atoms with E-state index in [1.807, 2.05) is 6.20 Å². The quantitative estimate of drug-likeness (QED) is 0.821. The molecule has 96 valence electrons. The van der Waals surface area contributed by atoms with Crippen LogP contribution in [0.5, 0.6) is 0 Å². The monoisotopic (exact) mass is 235 g/mol. The van der Waals surface area contributed by atoms with Gasteiger partial charge in [-0.25, -0.2) is 0 Å². The molecule has 0 amide bonds. The van der Waals surface area contributed by atoms with E-state index in [1.165, 1.54) is 5.69 Å². The van der Waals surface area contributed by atoms with Gasteiger partial charge in [-0.05, 0) is 31.5 Å².